The van der Waals surface area contributed by atoms with Crippen molar-refractivity contribution < 1.29 is 4.79 Å². The number of fused-ring (bicyclic) bond motifs is 2. The van der Waals surface area contributed by atoms with Gasteiger partial charge in [-0.15, -0.1) is 0 Å². The molecule has 0 unspecified atom stereocenters. The van der Waals surface area contributed by atoms with Crippen molar-refractivity contribution in [2.24, 2.45) is 0 Å². The van der Waals surface area contributed by atoms with Crippen LogP contribution in [-0.4, -0.2) is 5.12 Å². The van der Waals surface area contributed by atoms with Gasteiger partial charge in [-0.2, -0.15) is 0 Å². The fraction of sp³-hybridized carbons (Fsp3) is 0. The van der Waals surface area contributed by atoms with E-state index in [0.717, 1.165) is 37.7 Å². The molecule has 3 aromatic carbocycles. The van der Waals surface area contributed by atoms with Crippen LogP contribution in [0.1, 0.15) is 10.4 Å². The summed E-state index contributed by atoms with van der Waals surface area (Å²) in [6.07, 6.45) is 0. The highest BCUT2D eigenvalue weighted by Gasteiger charge is 2.26. The number of benzene rings is 3. The number of hydrogen-bond donors (Lipinski definition) is 1. The van der Waals surface area contributed by atoms with Gasteiger partial charge < -0.3 is 5.73 Å². The molecule has 4 heteroatoms. The lowest BCUT2D eigenvalue weighted by atomic mass is 10.00. The molecular formula is C15H8INOS. The van der Waals surface area contributed by atoms with Crippen LogP contribution >= 0.6 is 34.4 Å². The summed E-state index contributed by atoms with van der Waals surface area (Å²) in [6.45, 7) is 0. The predicted octanol–water partition coefficient (Wildman–Crippen LogP) is 4.43. The third-order valence-corrected chi connectivity index (χ3v) is 5.43. The summed E-state index contributed by atoms with van der Waals surface area (Å²) >= 11 is 3.64. The quantitative estimate of drug-likeness (QED) is 0.358. The highest BCUT2D eigenvalue weighted by Crippen LogP contribution is 2.46. The zero-order valence-electron chi connectivity index (χ0n) is 9.74. The van der Waals surface area contributed by atoms with Crippen LogP contribution in [-0.2, 0) is 0 Å². The van der Waals surface area contributed by atoms with E-state index in [4.69, 9.17) is 5.73 Å². The first-order valence-corrected chi connectivity index (χ1v) is 7.71. The van der Waals surface area contributed by atoms with E-state index >= 15 is 0 Å². The normalized spacial score (nSPS) is 13.6. The molecule has 0 atom stereocenters. The fourth-order valence-electron chi connectivity index (χ4n) is 2.59. The molecule has 1 aliphatic heterocycles. The molecule has 0 aromatic heterocycles. The molecule has 2 nitrogen and oxygen atoms in total. The standard InChI is InChI=1S/C15H8INOS/c16-12-4-3-9-13-11(12)5-7-1-2-8(17)6-10(7)14(13)19-15(9)18/h1-6H,17H2. The van der Waals surface area contributed by atoms with E-state index in [1.807, 2.05) is 30.3 Å². The van der Waals surface area contributed by atoms with Crippen molar-refractivity contribution in [3.8, 4) is 0 Å². The Labute approximate surface area is 127 Å². The van der Waals surface area contributed by atoms with Gasteiger partial charge in [0.05, 0.1) is 0 Å². The van der Waals surface area contributed by atoms with Gasteiger partial charge in [-0.25, -0.2) is 0 Å². The second-order valence-electron chi connectivity index (χ2n) is 4.59. The molecule has 1 heterocycles. The number of halogens is 1. The van der Waals surface area contributed by atoms with Crippen LogP contribution in [0.2, 0.25) is 0 Å². The van der Waals surface area contributed by atoms with E-state index in [2.05, 4.69) is 28.7 Å². The minimum atomic E-state index is 0.131. The topological polar surface area (TPSA) is 43.1 Å². The Hall–Kier alpha value is -1.27. The molecular weight excluding hydrogens is 369 g/mol. The summed E-state index contributed by atoms with van der Waals surface area (Å²) in [5.41, 5.74) is 7.43. The van der Waals surface area contributed by atoms with Crippen LogP contribution < -0.4 is 5.73 Å². The minimum absolute atomic E-state index is 0.131. The highest BCUT2D eigenvalue weighted by molar-refractivity contribution is 14.1. The van der Waals surface area contributed by atoms with Gasteiger partial charge in [0, 0.05) is 25.1 Å². The zero-order valence-corrected chi connectivity index (χ0v) is 12.7. The number of anilines is 1. The zero-order chi connectivity index (χ0) is 13.1. The van der Waals surface area contributed by atoms with Crippen LogP contribution in [0.25, 0.3) is 21.5 Å². The molecule has 0 bridgehead atoms. The second-order valence-corrected chi connectivity index (χ2v) is 6.74. The Morgan fingerprint density at radius 3 is 2.74 bits per heavy atom. The molecule has 3 aromatic rings. The van der Waals surface area contributed by atoms with Gasteiger partial charge in [-0.3, -0.25) is 4.79 Å². The maximum absolute atomic E-state index is 12.1. The third-order valence-electron chi connectivity index (χ3n) is 3.46. The van der Waals surface area contributed by atoms with E-state index in [1.165, 1.54) is 15.3 Å². The Kier molecular flexibility index (Phi) is 2.35. The van der Waals surface area contributed by atoms with Crippen molar-refractivity contribution in [3.05, 3.63) is 45.5 Å². The molecule has 4 rings (SSSR count). The molecule has 0 saturated carbocycles. The van der Waals surface area contributed by atoms with Gasteiger partial charge >= 0.3 is 0 Å². The minimum Gasteiger partial charge on any atom is -0.399 e. The summed E-state index contributed by atoms with van der Waals surface area (Å²) < 4.78 is 1.17. The highest BCUT2D eigenvalue weighted by atomic mass is 127. The lowest BCUT2D eigenvalue weighted by Gasteiger charge is -2.08. The van der Waals surface area contributed by atoms with E-state index < -0.39 is 0 Å². The van der Waals surface area contributed by atoms with Gasteiger partial charge in [-0.1, -0.05) is 6.07 Å². The van der Waals surface area contributed by atoms with Crippen molar-refractivity contribution >= 4 is 66.7 Å². The van der Waals surface area contributed by atoms with Gasteiger partial charge in [0.2, 0.25) is 5.12 Å². The average molecular weight is 377 g/mol. The Balaban J connectivity index is 2.31. The lowest BCUT2D eigenvalue weighted by molar-refractivity contribution is 0.109. The summed E-state index contributed by atoms with van der Waals surface area (Å²) in [5, 5.41) is 4.58. The molecule has 0 amide bonds. The maximum Gasteiger partial charge on any atom is 0.224 e. The third kappa shape index (κ3) is 1.53. The summed E-state index contributed by atoms with van der Waals surface area (Å²) in [5.74, 6) is 0. The van der Waals surface area contributed by atoms with E-state index in [0.29, 0.717) is 0 Å². The Bertz CT molecular complexity index is 888. The molecule has 0 fully saturated rings. The first-order valence-electron chi connectivity index (χ1n) is 5.82. The van der Waals surface area contributed by atoms with Gasteiger partial charge in [0.25, 0.3) is 0 Å². The molecule has 0 spiro atoms. The monoisotopic (exact) mass is 377 g/mol. The Morgan fingerprint density at radius 2 is 1.89 bits per heavy atom. The van der Waals surface area contributed by atoms with E-state index in [-0.39, 0.29) is 5.12 Å². The number of carbonyl (C=O) groups excluding carboxylic acids is 1. The smallest absolute Gasteiger partial charge is 0.224 e. The van der Waals surface area contributed by atoms with Crippen molar-refractivity contribution in [2.75, 3.05) is 5.73 Å². The predicted molar refractivity (Wildman–Crippen MR) is 88.8 cm³/mol. The first kappa shape index (κ1) is 11.5. The van der Waals surface area contributed by atoms with Crippen molar-refractivity contribution in [3.63, 3.8) is 0 Å². The number of hydrogen-bond acceptors (Lipinski definition) is 3. The molecule has 19 heavy (non-hydrogen) atoms. The number of nitrogen functional groups attached to an aromatic ring is 1. The van der Waals surface area contributed by atoms with Crippen LogP contribution in [0.5, 0.6) is 0 Å². The summed E-state index contributed by atoms with van der Waals surface area (Å²) in [4.78, 5) is 13.2. The van der Waals surface area contributed by atoms with Crippen LogP contribution in [0, 0.1) is 3.57 Å². The van der Waals surface area contributed by atoms with Gasteiger partial charge in [0.15, 0.2) is 0 Å². The van der Waals surface area contributed by atoms with Crippen molar-refractivity contribution in [1.29, 1.82) is 0 Å². The molecule has 2 N–H and O–H groups in total. The first-order chi connectivity index (χ1) is 9.15. The number of thioether (sulfide) groups is 1. The van der Waals surface area contributed by atoms with E-state index in [1.54, 1.807) is 0 Å². The van der Waals surface area contributed by atoms with Gasteiger partial charge in [0.1, 0.15) is 0 Å². The largest absolute Gasteiger partial charge is 0.399 e. The van der Waals surface area contributed by atoms with Crippen molar-refractivity contribution in [1.82, 2.24) is 0 Å². The lowest BCUT2D eigenvalue weighted by Crippen LogP contribution is -1.88. The average Bonchev–Trinajstić information content (AvgIpc) is 2.72. The van der Waals surface area contributed by atoms with Crippen LogP contribution in [0.3, 0.4) is 0 Å². The molecule has 0 aliphatic carbocycles. The number of carbonyl (C=O) groups is 1. The van der Waals surface area contributed by atoms with Crippen LogP contribution in [0.4, 0.5) is 5.69 Å². The SMILES string of the molecule is Nc1ccc2cc3c(I)ccc4c3c(c2c1)SC4=O. The fourth-order valence-corrected chi connectivity index (χ4v) is 4.27. The van der Waals surface area contributed by atoms with Crippen LogP contribution in [0.15, 0.2) is 41.3 Å². The molecule has 0 radical (unpaired) electrons. The molecule has 92 valence electrons. The summed E-state index contributed by atoms with van der Waals surface area (Å²) in [7, 11) is 0. The second kappa shape index (κ2) is 3.86. The molecule has 0 saturated heterocycles. The van der Waals surface area contributed by atoms with E-state index in [9.17, 15) is 4.79 Å². The van der Waals surface area contributed by atoms with Crippen molar-refractivity contribution in [2.45, 2.75) is 4.90 Å². The Morgan fingerprint density at radius 1 is 1.05 bits per heavy atom. The van der Waals surface area contributed by atoms with Gasteiger partial charge in [-0.05, 0) is 80.8 Å². The number of rotatable bonds is 0. The summed E-state index contributed by atoms with van der Waals surface area (Å²) in [6, 6.07) is 12.0. The molecule has 1 aliphatic rings. The number of nitrogens with two attached hydrogens (primary N) is 1. The maximum atomic E-state index is 12.1.